The molecular formula is C25H28N4O4. The second kappa shape index (κ2) is 11.1. The van der Waals surface area contributed by atoms with Gasteiger partial charge in [-0.2, -0.15) is 5.26 Å². The van der Waals surface area contributed by atoms with Crippen molar-refractivity contribution in [2.75, 3.05) is 6.54 Å². The van der Waals surface area contributed by atoms with Gasteiger partial charge in [0.15, 0.2) is 5.88 Å². The number of hydrogen-bond acceptors (Lipinski definition) is 5. The first-order valence-electron chi connectivity index (χ1n) is 10.9. The molecule has 8 heteroatoms. The van der Waals surface area contributed by atoms with Crippen LogP contribution in [-0.2, 0) is 16.1 Å². The molecule has 172 valence electrons. The maximum Gasteiger partial charge on any atom is 0.271 e. The minimum atomic E-state index is -0.593. The van der Waals surface area contributed by atoms with Gasteiger partial charge in [-0.3, -0.25) is 23.9 Å². The van der Waals surface area contributed by atoms with Gasteiger partial charge in [-0.05, 0) is 43.9 Å². The number of carbonyl (C=O) groups excluding carboxylic acids is 2. The normalized spacial score (nSPS) is 15.5. The zero-order valence-electron chi connectivity index (χ0n) is 19.4. The van der Waals surface area contributed by atoms with Crippen molar-refractivity contribution in [3.63, 3.8) is 0 Å². The highest BCUT2D eigenvalue weighted by molar-refractivity contribution is 6.18. The van der Waals surface area contributed by atoms with Crippen LogP contribution in [0.3, 0.4) is 0 Å². The number of aromatic hydroxyl groups is 1. The molecule has 8 nitrogen and oxygen atoms in total. The van der Waals surface area contributed by atoms with E-state index in [1.54, 1.807) is 13.8 Å². The van der Waals surface area contributed by atoms with Gasteiger partial charge in [-0.15, -0.1) is 0 Å². The fourth-order valence-electron chi connectivity index (χ4n) is 3.59. The number of amides is 2. The third-order valence-electron chi connectivity index (χ3n) is 5.64. The number of aromatic nitrogens is 1. The summed E-state index contributed by atoms with van der Waals surface area (Å²) >= 11 is 0. The van der Waals surface area contributed by atoms with Gasteiger partial charge in [0, 0.05) is 24.2 Å². The van der Waals surface area contributed by atoms with Crippen molar-refractivity contribution >= 4 is 23.6 Å². The first-order valence-corrected chi connectivity index (χ1v) is 10.9. The average Bonchev–Trinajstić information content (AvgIpc) is 2.78. The zero-order valence-corrected chi connectivity index (χ0v) is 19.4. The molecule has 0 atom stereocenters. The Morgan fingerprint density at radius 1 is 1.09 bits per heavy atom. The van der Waals surface area contributed by atoms with Crippen molar-refractivity contribution in [2.24, 2.45) is 0 Å². The zero-order chi connectivity index (χ0) is 24.7. The number of allylic oxidation sites excluding steroid dienone is 2. The predicted octanol–water partition coefficient (Wildman–Crippen LogP) is 4.16. The Morgan fingerprint density at radius 3 is 2.30 bits per heavy atom. The molecule has 0 bridgehead atoms. The van der Waals surface area contributed by atoms with Crippen molar-refractivity contribution in [3.8, 4) is 11.9 Å². The van der Waals surface area contributed by atoms with Crippen molar-refractivity contribution in [3.05, 3.63) is 61.8 Å². The van der Waals surface area contributed by atoms with E-state index in [0.717, 1.165) is 17.7 Å². The SMILES string of the molecule is [C-]#[N+]c1c(C)c(C=CC=C2C(=O)N(CCCC)C(=O)C(C#N)=C2C)c(=O)n(CCCC)c1O. The molecule has 0 saturated heterocycles. The van der Waals surface area contributed by atoms with E-state index < -0.39 is 17.4 Å². The van der Waals surface area contributed by atoms with Crippen molar-refractivity contribution in [1.82, 2.24) is 9.47 Å². The van der Waals surface area contributed by atoms with Crippen LogP contribution in [0.4, 0.5) is 5.69 Å². The summed E-state index contributed by atoms with van der Waals surface area (Å²) in [4.78, 5) is 42.9. The average molecular weight is 449 g/mol. The maximum atomic E-state index is 13.0. The van der Waals surface area contributed by atoms with Gasteiger partial charge in [0.25, 0.3) is 17.4 Å². The molecule has 0 saturated carbocycles. The predicted molar refractivity (Wildman–Crippen MR) is 125 cm³/mol. The molecule has 1 aromatic rings. The molecule has 0 aromatic carbocycles. The molecule has 2 amide bonds. The van der Waals surface area contributed by atoms with E-state index in [1.807, 2.05) is 19.9 Å². The van der Waals surface area contributed by atoms with Crippen LogP contribution in [0.1, 0.15) is 57.6 Å². The summed E-state index contributed by atoms with van der Waals surface area (Å²) in [6, 6.07) is 1.89. The Bertz CT molecular complexity index is 1200. The summed E-state index contributed by atoms with van der Waals surface area (Å²) in [6.07, 6.45) is 7.35. The van der Waals surface area contributed by atoms with Crippen molar-refractivity contribution in [1.29, 1.82) is 5.26 Å². The van der Waals surface area contributed by atoms with Crippen molar-refractivity contribution in [2.45, 2.75) is 59.9 Å². The number of unbranched alkanes of at least 4 members (excludes halogenated alkanes) is 2. The van der Waals surface area contributed by atoms with E-state index >= 15 is 0 Å². The van der Waals surface area contributed by atoms with Crippen LogP contribution in [0.2, 0.25) is 0 Å². The molecule has 0 radical (unpaired) electrons. The third kappa shape index (κ3) is 4.96. The molecular weight excluding hydrogens is 420 g/mol. The highest BCUT2D eigenvalue weighted by Crippen LogP contribution is 2.31. The van der Waals surface area contributed by atoms with Gasteiger partial charge in [-0.1, -0.05) is 38.8 Å². The van der Waals surface area contributed by atoms with Crippen molar-refractivity contribution < 1.29 is 14.7 Å². The fraction of sp³-hybridized carbons (Fsp3) is 0.400. The molecule has 1 aliphatic rings. The van der Waals surface area contributed by atoms with E-state index in [1.165, 1.54) is 22.8 Å². The Hall–Kier alpha value is -3.91. The minimum Gasteiger partial charge on any atom is -0.503 e. The third-order valence-corrected chi connectivity index (χ3v) is 5.64. The maximum absolute atomic E-state index is 13.0. The fourth-order valence-corrected chi connectivity index (χ4v) is 3.59. The van der Waals surface area contributed by atoms with E-state index in [-0.39, 0.29) is 46.9 Å². The Balaban J connectivity index is 2.58. The summed E-state index contributed by atoms with van der Waals surface area (Å²) in [5.74, 6) is -1.43. The van der Waals surface area contributed by atoms with Gasteiger partial charge < -0.3 is 5.11 Å². The molecule has 0 spiro atoms. The van der Waals surface area contributed by atoms with Gasteiger partial charge in [0.1, 0.15) is 11.6 Å². The lowest BCUT2D eigenvalue weighted by Crippen LogP contribution is -2.43. The van der Waals surface area contributed by atoms with Crippen LogP contribution in [0.15, 0.2) is 33.7 Å². The van der Waals surface area contributed by atoms with Gasteiger partial charge in [-0.25, -0.2) is 4.85 Å². The van der Waals surface area contributed by atoms with Crippen LogP contribution in [0.25, 0.3) is 10.9 Å². The standard InChI is InChI=1S/C25H28N4O4/c1-6-8-13-28-22(30)18(16(3)20(15-26)24(28)32)11-10-12-19-17(4)21(27-5)25(33)29(23(19)31)14-9-7-2/h10-12,33H,6-9,13-14H2,1-4H3. The lowest BCUT2D eigenvalue weighted by atomic mass is 9.94. The minimum absolute atomic E-state index is 0.00549. The Kier molecular flexibility index (Phi) is 8.53. The Morgan fingerprint density at radius 2 is 1.73 bits per heavy atom. The highest BCUT2D eigenvalue weighted by Gasteiger charge is 2.34. The molecule has 1 aromatic heterocycles. The van der Waals surface area contributed by atoms with E-state index in [9.17, 15) is 24.8 Å². The topological polar surface area (TPSA) is 108 Å². The Labute approximate surface area is 193 Å². The molecule has 0 unspecified atom stereocenters. The molecule has 2 heterocycles. The second-order valence-electron chi connectivity index (χ2n) is 7.80. The van der Waals surface area contributed by atoms with Gasteiger partial charge >= 0.3 is 0 Å². The van der Waals surface area contributed by atoms with Crippen LogP contribution >= 0.6 is 0 Å². The molecule has 0 fully saturated rings. The van der Waals surface area contributed by atoms with Crippen LogP contribution in [0.5, 0.6) is 5.88 Å². The quantitative estimate of drug-likeness (QED) is 0.365. The molecule has 33 heavy (non-hydrogen) atoms. The van der Waals surface area contributed by atoms with E-state index in [4.69, 9.17) is 6.57 Å². The molecule has 2 rings (SSSR count). The van der Waals surface area contributed by atoms with Gasteiger partial charge in [0.05, 0.1) is 6.57 Å². The van der Waals surface area contributed by atoms with Crippen LogP contribution < -0.4 is 5.56 Å². The number of carbonyl (C=O) groups is 2. The first-order chi connectivity index (χ1) is 15.7. The number of rotatable bonds is 8. The summed E-state index contributed by atoms with van der Waals surface area (Å²) in [5.41, 5.74) is 0.557. The smallest absolute Gasteiger partial charge is 0.271 e. The largest absolute Gasteiger partial charge is 0.503 e. The first kappa shape index (κ1) is 25.4. The second-order valence-corrected chi connectivity index (χ2v) is 7.80. The molecule has 0 aliphatic carbocycles. The monoisotopic (exact) mass is 448 g/mol. The van der Waals surface area contributed by atoms with Crippen LogP contribution in [0, 0.1) is 24.8 Å². The number of nitriles is 1. The summed E-state index contributed by atoms with van der Waals surface area (Å²) < 4.78 is 1.19. The van der Waals surface area contributed by atoms with E-state index in [0.29, 0.717) is 18.4 Å². The summed E-state index contributed by atoms with van der Waals surface area (Å²) in [6.45, 7) is 14.9. The van der Waals surface area contributed by atoms with Gasteiger partial charge in [0.2, 0.25) is 5.69 Å². The van der Waals surface area contributed by atoms with E-state index in [2.05, 4.69) is 4.85 Å². The highest BCUT2D eigenvalue weighted by atomic mass is 16.3. The number of pyridine rings is 1. The lowest BCUT2D eigenvalue weighted by molar-refractivity contribution is -0.140. The summed E-state index contributed by atoms with van der Waals surface area (Å²) in [7, 11) is 0. The summed E-state index contributed by atoms with van der Waals surface area (Å²) in [5, 5.41) is 19.8. The number of nitrogens with zero attached hydrogens (tertiary/aromatic N) is 4. The lowest BCUT2D eigenvalue weighted by Gasteiger charge is -2.27. The number of hydrogen-bond donors (Lipinski definition) is 1. The number of imide groups is 1. The van der Waals surface area contributed by atoms with Crippen LogP contribution in [-0.4, -0.2) is 32.9 Å². The molecule has 1 aliphatic heterocycles. The molecule has 1 N–H and O–H groups in total.